The van der Waals surface area contributed by atoms with Gasteiger partial charge in [0.15, 0.2) is 24.1 Å². The summed E-state index contributed by atoms with van der Waals surface area (Å²) >= 11 is 0. The van der Waals surface area contributed by atoms with E-state index in [9.17, 15) is 29.7 Å². The third-order valence-corrected chi connectivity index (χ3v) is 8.42. The number of aromatic hydroxyl groups is 2. The second kappa shape index (κ2) is 8.57. The summed E-state index contributed by atoms with van der Waals surface area (Å²) in [4.78, 5) is 39.8. The number of aliphatic hydroxyl groups is 1. The van der Waals surface area contributed by atoms with Crippen molar-refractivity contribution in [1.82, 2.24) is 0 Å². The Kier molecular flexibility index (Phi) is 5.69. The van der Waals surface area contributed by atoms with E-state index in [0.29, 0.717) is 0 Å². The molecule has 2 aromatic carbocycles. The van der Waals surface area contributed by atoms with Gasteiger partial charge in [-0.25, -0.2) is 0 Å². The van der Waals surface area contributed by atoms with Crippen molar-refractivity contribution in [3.05, 3.63) is 51.6 Å². The Morgan fingerprint density at radius 2 is 1.74 bits per heavy atom. The number of hydrogen-bond donors (Lipinski definition) is 3. The van der Waals surface area contributed by atoms with Crippen LogP contribution >= 0.6 is 0 Å². The zero-order valence-electron chi connectivity index (χ0n) is 21.8. The minimum atomic E-state index is -1.98. The van der Waals surface area contributed by atoms with Gasteiger partial charge in [0, 0.05) is 43.1 Å². The maximum atomic E-state index is 13.7. The summed E-state index contributed by atoms with van der Waals surface area (Å²) in [6.07, 6.45) is -3.43. The Morgan fingerprint density at radius 3 is 2.41 bits per heavy atom. The lowest BCUT2D eigenvalue weighted by atomic mass is 9.72. The standard InChI is InChI=1S/C28H28O11/c1-11(29)28(34)8-13-18(15(9-28)37-16-10-27(2,36-4)25-26(38-16)39-25)24(33)20-19(22(13)31)21(30)12-6-5-7-14(35-3)17(12)23(20)32/h5-7,15-16,25-26,31,33-34H,8-10H2,1-4H3/t15-,16?,25?,26?,27?,28-/m0/s1. The lowest BCUT2D eigenvalue weighted by Crippen LogP contribution is -2.48. The molecule has 11 heteroatoms. The highest BCUT2D eigenvalue weighted by molar-refractivity contribution is 6.31. The van der Waals surface area contributed by atoms with Gasteiger partial charge in [0.05, 0.1) is 29.9 Å². The lowest BCUT2D eigenvalue weighted by molar-refractivity contribution is -0.238. The molecule has 206 valence electrons. The summed E-state index contributed by atoms with van der Waals surface area (Å²) in [6.45, 7) is 3.04. The van der Waals surface area contributed by atoms with Crippen molar-refractivity contribution in [2.45, 2.75) is 69.1 Å². The molecule has 0 amide bonds. The molecule has 2 heterocycles. The Hall–Kier alpha value is -3.35. The van der Waals surface area contributed by atoms with Crippen molar-refractivity contribution < 1.29 is 53.4 Å². The number of Topliss-reactive ketones (excluding diaryl/α,β-unsaturated/α-hetero) is 1. The number of phenolic OH excluding ortho intramolecular Hbond substituents is 2. The third kappa shape index (κ3) is 3.65. The van der Waals surface area contributed by atoms with Gasteiger partial charge in [-0.05, 0) is 19.9 Å². The summed E-state index contributed by atoms with van der Waals surface area (Å²) < 4.78 is 28.5. The molecule has 0 spiro atoms. The molecule has 3 N–H and O–H groups in total. The first-order valence-electron chi connectivity index (χ1n) is 12.6. The second-order valence-corrected chi connectivity index (χ2v) is 10.7. The number of rotatable bonds is 5. The first-order chi connectivity index (χ1) is 18.4. The van der Waals surface area contributed by atoms with Gasteiger partial charge in [0.25, 0.3) is 0 Å². The number of carbonyl (C=O) groups is 3. The molecule has 0 bridgehead atoms. The molecule has 0 radical (unpaired) electrons. The van der Waals surface area contributed by atoms with E-state index in [1.165, 1.54) is 39.3 Å². The summed E-state index contributed by atoms with van der Waals surface area (Å²) in [5, 5.41) is 34.2. The van der Waals surface area contributed by atoms with Gasteiger partial charge in [-0.3, -0.25) is 14.4 Å². The SMILES string of the molecule is COc1cccc2c1C(=O)c1c(O)c3c(c(O)c1C2=O)C[C@@](O)(C(C)=O)C[C@@H]3OC1CC(C)(OC)C2OC2O1. The molecular weight excluding hydrogens is 512 g/mol. The highest BCUT2D eigenvalue weighted by Crippen LogP contribution is 2.53. The predicted octanol–water partition coefficient (Wildman–Crippen LogP) is 2.08. The van der Waals surface area contributed by atoms with Crippen molar-refractivity contribution in [1.29, 1.82) is 0 Å². The predicted molar refractivity (Wildman–Crippen MR) is 131 cm³/mol. The smallest absolute Gasteiger partial charge is 0.202 e. The maximum Gasteiger partial charge on any atom is 0.202 e. The molecule has 11 nitrogen and oxygen atoms in total. The normalized spacial score (nSPS) is 32.5. The van der Waals surface area contributed by atoms with E-state index >= 15 is 0 Å². The fraction of sp³-hybridized carbons (Fsp3) is 0.464. The van der Waals surface area contributed by atoms with Gasteiger partial charge in [-0.2, -0.15) is 0 Å². The van der Waals surface area contributed by atoms with Gasteiger partial charge in [-0.15, -0.1) is 0 Å². The largest absolute Gasteiger partial charge is 0.507 e. The van der Waals surface area contributed by atoms with Crippen LogP contribution in [-0.4, -0.2) is 76.8 Å². The number of methoxy groups -OCH3 is 2. The summed E-state index contributed by atoms with van der Waals surface area (Å²) in [7, 11) is 2.89. The number of benzene rings is 2. The molecule has 6 atom stereocenters. The van der Waals surface area contributed by atoms with E-state index in [-0.39, 0.29) is 46.9 Å². The monoisotopic (exact) mass is 540 g/mol. The Labute approximate surface area is 223 Å². The quantitative estimate of drug-likeness (QED) is 0.321. The molecule has 0 saturated carbocycles. The average Bonchev–Trinajstić information content (AvgIpc) is 3.69. The van der Waals surface area contributed by atoms with Gasteiger partial charge >= 0.3 is 0 Å². The zero-order chi connectivity index (χ0) is 28.0. The molecule has 2 aliphatic heterocycles. The molecule has 6 rings (SSSR count). The molecule has 39 heavy (non-hydrogen) atoms. The van der Waals surface area contributed by atoms with E-state index in [0.717, 1.165) is 0 Å². The third-order valence-electron chi connectivity index (χ3n) is 8.42. The minimum absolute atomic E-state index is 0.000355. The first kappa shape index (κ1) is 25.9. The van der Waals surface area contributed by atoms with Crippen LogP contribution in [0.2, 0.25) is 0 Å². The topological polar surface area (TPSA) is 161 Å². The number of phenols is 2. The Bertz CT molecular complexity index is 1450. The molecule has 2 aromatic rings. The number of carbonyl (C=O) groups excluding carboxylic acids is 3. The number of fused-ring (bicyclic) bond motifs is 4. The number of epoxide rings is 1. The van der Waals surface area contributed by atoms with Crippen molar-refractivity contribution in [3.8, 4) is 17.2 Å². The van der Waals surface area contributed by atoms with Gasteiger partial charge < -0.3 is 39.0 Å². The van der Waals surface area contributed by atoms with Crippen LogP contribution in [0, 0.1) is 0 Å². The van der Waals surface area contributed by atoms with Crippen molar-refractivity contribution in [2.75, 3.05) is 14.2 Å². The zero-order valence-corrected chi connectivity index (χ0v) is 21.8. The van der Waals surface area contributed by atoms with Crippen LogP contribution in [0.25, 0.3) is 0 Å². The second-order valence-electron chi connectivity index (χ2n) is 10.7. The van der Waals surface area contributed by atoms with E-state index in [2.05, 4.69) is 0 Å². The molecule has 2 fully saturated rings. The van der Waals surface area contributed by atoms with Gasteiger partial charge in [-0.1, -0.05) is 12.1 Å². The van der Waals surface area contributed by atoms with Crippen LogP contribution in [0.15, 0.2) is 18.2 Å². The van der Waals surface area contributed by atoms with Crippen LogP contribution in [0.5, 0.6) is 17.2 Å². The fourth-order valence-electron chi connectivity index (χ4n) is 6.04. The highest BCUT2D eigenvalue weighted by Gasteiger charge is 2.60. The molecule has 4 aliphatic rings. The Morgan fingerprint density at radius 1 is 1.03 bits per heavy atom. The van der Waals surface area contributed by atoms with Crippen LogP contribution in [-0.2, 0) is 30.2 Å². The van der Waals surface area contributed by atoms with Crippen molar-refractivity contribution in [2.24, 2.45) is 0 Å². The molecular formula is C28H28O11. The highest BCUT2D eigenvalue weighted by atomic mass is 16.8. The summed E-state index contributed by atoms with van der Waals surface area (Å²) in [5.41, 5.74) is -3.60. The minimum Gasteiger partial charge on any atom is -0.507 e. The number of hydrogen-bond acceptors (Lipinski definition) is 11. The number of ketones is 3. The van der Waals surface area contributed by atoms with Crippen LogP contribution in [0.1, 0.15) is 75.8 Å². The van der Waals surface area contributed by atoms with Crippen LogP contribution in [0.3, 0.4) is 0 Å². The first-order valence-corrected chi connectivity index (χ1v) is 12.6. The molecule has 0 aromatic heterocycles. The lowest BCUT2D eigenvalue weighted by Gasteiger charge is -2.41. The molecule has 4 unspecified atom stereocenters. The summed E-state index contributed by atoms with van der Waals surface area (Å²) in [5.74, 6) is -3.04. The molecule has 2 aliphatic carbocycles. The van der Waals surface area contributed by atoms with E-state index in [4.69, 9.17) is 23.7 Å². The Balaban J connectivity index is 1.50. The molecule has 2 saturated heterocycles. The van der Waals surface area contributed by atoms with Crippen molar-refractivity contribution in [3.63, 3.8) is 0 Å². The fourth-order valence-corrected chi connectivity index (χ4v) is 6.04. The van der Waals surface area contributed by atoms with Gasteiger partial charge in [0.1, 0.15) is 34.6 Å². The van der Waals surface area contributed by atoms with Crippen LogP contribution < -0.4 is 4.74 Å². The number of ether oxygens (including phenoxy) is 5. The summed E-state index contributed by atoms with van der Waals surface area (Å²) in [6, 6.07) is 4.48. The maximum absolute atomic E-state index is 13.7. The van der Waals surface area contributed by atoms with E-state index in [1.54, 1.807) is 0 Å². The average molecular weight is 541 g/mol. The van der Waals surface area contributed by atoms with Gasteiger partial charge in [0.2, 0.25) is 5.78 Å². The van der Waals surface area contributed by atoms with E-state index < -0.39 is 76.3 Å². The van der Waals surface area contributed by atoms with Crippen LogP contribution in [0.4, 0.5) is 0 Å². The van der Waals surface area contributed by atoms with Crippen molar-refractivity contribution >= 4 is 17.3 Å². The van der Waals surface area contributed by atoms with E-state index in [1.807, 2.05) is 6.92 Å².